The molecule has 0 aromatic heterocycles. The smallest absolute Gasteiger partial charge is 0.222 e. The molecule has 0 atom stereocenters. The van der Waals surface area contributed by atoms with Crippen molar-refractivity contribution in [3.05, 3.63) is 0 Å². The van der Waals surface area contributed by atoms with Gasteiger partial charge in [0.2, 0.25) is 5.91 Å². The Morgan fingerprint density at radius 3 is 2.40 bits per heavy atom. The first kappa shape index (κ1) is 12.9. The van der Waals surface area contributed by atoms with Crippen molar-refractivity contribution in [2.24, 2.45) is 5.92 Å². The first-order valence-electron chi connectivity index (χ1n) is 5.92. The fourth-order valence-electron chi connectivity index (χ4n) is 2.10. The van der Waals surface area contributed by atoms with E-state index < -0.39 is 0 Å². The largest absolute Gasteiger partial charge is 0.354 e. The average molecular weight is 229 g/mol. The van der Waals surface area contributed by atoms with Crippen LogP contribution < -0.4 is 5.32 Å². The van der Waals surface area contributed by atoms with Gasteiger partial charge in [0.05, 0.1) is 0 Å². The Balaban J connectivity index is 2.42. The highest BCUT2D eigenvalue weighted by molar-refractivity contribution is 8.00. The molecule has 2 nitrogen and oxygen atoms in total. The van der Waals surface area contributed by atoms with Gasteiger partial charge in [-0.1, -0.05) is 33.1 Å². The quantitative estimate of drug-likeness (QED) is 0.803. The molecule has 1 rings (SSSR count). The highest BCUT2D eigenvalue weighted by Gasteiger charge is 2.31. The van der Waals surface area contributed by atoms with Crippen molar-refractivity contribution in [3.8, 4) is 0 Å². The molecule has 1 aliphatic carbocycles. The molecule has 15 heavy (non-hydrogen) atoms. The van der Waals surface area contributed by atoms with Crippen molar-refractivity contribution in [1.82, 2.24) is 5.32 Å². The number of rotatable bonds is 4. The monoisotopic (exact) mass is 229 g/mol. The molecule has 1 amide bonds. The molecule has 1 saturated carbocycles. The first-order chi connectivity index (χ1) is 7.09. The van der Waals surface area contributed by atoms with Gasteiger partial charge in [-0.25, -0.2) is 0 Å². The van der Waals surface area contributed by atoms with E-state index in [2.05, 4.69) is 11.6 Å². The van der Waals surface area contributed by atoms with Crippen molar-refractivity contribution in [2.75, 3.05) is 12.8 Å². The summed E-state index contributed by atoms with van der Waals surface area (Å²) in [6.45, 7) is 4.75. The molecule has 0 radical (unpaired) electrons. The van der Waals surface area contributed by atoms with Crippen LogP contribution in [0.2, 0.25) is 0 Å². The van der Waals surface area contributed by atoms with Gasteiger partial charge in [-0.15, -0.1) is 0 Å². The maximum atomic E-state index is 11.5. The molecular weight excluding hydrogens is 206 g/mol. The zero-order valence-electron chi connectivity index (χ0n) is 10.1. The summed E-state index contributed by atoms with van der Waals surface area (Å²) >= 11 is 1.93. The molecule has 1 aliphatic rings. The highest BCUT2D eigenvalue weighted by Crippen LogP contribution is 2.37. The summed E-state index contributed by atoms with van der Waals surface area (Å²) in [5.74, 6) is 0.293. The van der Waals surface area contributed by atoms with Crippen molar-refractivity contribution in [2.45, 2.75) is 50.7 Å². The van der Waals surface area contributed by atoms with Crippen molar-refractivity contribution in [3.63, 3.8) is 0 Å². The van der Waals surface area contributed by atoms with Crippen LogP contribution >= 0.6 is 11.8 Å². The number of carbonyl (C=O) groups is 1. The second-order valence-electron chi connectivity index (χ2n) is 4.82. The lowest BCUT2D eigenvalue weighted by Gasteiger charge is -2.36. The molecule has 0 heterocycles. The number of nitrogens with one attached hydrogen (secondary N) is 1. The lowest BCUT2D eigenvalue weighted by atomic mass is 9.88. The number of hydrogen-bond acceptors (Lipinski definition) is 2. The second-order valence-corrected chi connectivity index (χ2v) is 6.09. The third-order valence-electron chi connectivity index (χ3n) is 3.31. The van der Waals surface area contributed by atoms with Crippen LogP contribution in [0.3, 0.4) is 0 Å². The normalized spacial score (nSPS) is 20.3. The Morgan fingerprint density at radius 2 is 1.93 bits per heavy atom. The van der Waals surface area contributed by atoms with E-state index in [9.17, 15) is 4.79 Å². The Bertz CT molecular complexity index is 210. The zero-order chi connectivity index (χ0) is 11.3. The number of amides is 1. The summed E-state index contributed by atoms with van der Waals surface area (Å²) in [7, 11) is 0. The van der Waals surface area contributed by atoms with Crippen LogP contribution in [0.4, 0.5) is 0 Å². The van der Waals surface area contributed by atoms with Gasteiger partial charge in [-0.2, -0.15) is 11.8 Å². The van der Waals surface area contributed by atoms with E-state index in [4.69, 9.17) is 0 Å². The summed E-state index contributed by atoms with van der Waals surface area (Å²) in [6.07, 6.45) is 8.68. The number of hydrogen-bond donors (Lipinski definition) is 1. The fraction of sp³-hybridized carbons (Fsp3) is 0.917. The standard InChI is InChI=1S/C12H23NOS/c1-10(2)11(14)13-9-12(15-3)7-5-4-6-8-12/h10H,4-9H2,1-3H3,(H,13,14). The Morgan fingerprint density at radius 1 is 1.33 bits per heavy atom. The molecule has 3 heteroatoms. The van der Waals surface area contributed by atoms with Gasteiger partial charge in [0.25, 0.3) is 0 Å². The van der Waals surface area contributed by atoms with Gasteiger partial charge in [0.1, 0.15) is 0 Å². The van der Waals surface area contributed by atoms with Gasteiger partial charge in [0, 0.05) is 17.2 Å². The van der Waals surface area contributed by atoms with Crippen LogP contribution in [0.1, 0.15) is 46.0 Å². The van der Waals surface area contributed by atoms with Crippen LogP contribution in [0.5, 0.6) is 0 Å². The molecule has 0 unspecified atom stereocenters. The topological polar surface area (TPSA) is 29.1 Å². The van der Waals surface area contributed by atoms with Crippen LogP contribution in [0.25, 0.3) is 0 Å². The van der Waals surface area contributed by atoms with Gasteiger partial charge < -0.3 is 5.32 Å². The van der Waals surface area contributed by atoms with Gasteiger partial charge in [-0.3, -0.25) is 4.79 Å². The molecule has 0 aliphatic heterocycles. The van der Waals surface area contributed by atoms with E-state index in [1.807, 2.05) is 25.6 Å². The maximum absolute atomic E-state index is 11.5. The molecule has 88 valence electrons. The summed E-state index contributed by atoms with van der Waals surface area (Å²) < 4.78 is 0.322. The molecule has 0 spiro atoms. The molecular formula is C12H23NOS. The Labute approximate surface area is 97.6 Å². The van der Waals surface area contributed by atoms with Crippen LogP contribution in [-0.4, -0.2) is 23.5 Å². The maximum Gasteiger partial charge on any atom is 0.222 e. The Hall–Kier alpha value is -0.180. The van der Waals surface area contributed by atoms with Crippen LogP contribution in [0, 0.1) is 5.92 Å². The van der Waals surface area contributed by atoms with Gasteiger partial charge in [-0.05, 0) is 19.1 Å². The lowest BCUT2D eigenvalue weighted by Crippen LogP contribution is -2.43. The summed E-state index contributed by atoms with van der Waals surface area (Å²) in [5.41, 5.74) is 0. The number of carbonyl (C=O) groups excluding carboxylic acids is 1. The molecule has 0 aromatic rings. The summed E-state index contributed by atoms with van der Waals surface area (Å²) in [6, 6.07) is 0. The predicted octanol–water partition coefficient (Wildman–Crippen LogP) is 2.82. The van der Waals surface area contributed by atoms with Gasteiger partial charge >= 0.3 is 0 Å². The molecule has 0 bridgehead atoms. The van der Waals surface area contributed by atoms with Gasteiger partial charge in [0.15, 0.2) is 0 Å². The lowest BCUT2D eigenvalue weighted by molar-refractivity contribution is -0.124. The molecule has 1 fully saturated rings. The molecule has 0 aromatic carbocycles. The average Bonchev–Trinajstić information content (AvgIpc) is 2.27. The zero-order valence-corrected chi connectivity index (χ0v) is 11.0. The van der Waals surface area contributed by atoms with Crippen LogP contribution in [0.15, 0.2) is 0 Å². The van der Waals surface area contributed by atoms with Crippen molar-refractivity contribution < 1.29 is 4.79 Å². The van der Waals surface area contributed by atoms with E-state index >= 15 is 0 Å². The van der Waals surface area contributed by atoms with E-state index in [1.54, 1.807) is 0 Å². The van der Waals surface area contributed by atoms with Crippen LogP contribution in [-0.2, 0) is 4.79 Å². The summed E-state index contributed by atoms with van der Waals surface area (Å²) in [5, 5.41) is 3.08. The number of thioether (sulfide) groups is 1. The molecule has 1 N–H and O–H groups in total. The third-order valence-corrected chi connectivity index (χ3v) is 4.73. The fourth-order valence-corrected chi connectivity index (χ4v) is 3.01. The minimum atomic E-state index is 0.104. The van der Waals surface area contributed by atoms with E-state index in [0.717, 1.165) is 6.54 Å². The highest BCUT2D eigenvalue weighted by atomic mass is 32.2. The predicted molar refractivity (Wildman–Crippen MR) is 67.2 cm³/mol. The first-order valence-corrected chi connectivity index (χ1v) is 7.15. The minimum Gasteiger partial charge on any atom is -0.354 e. The van der Waals surface area contributed by atoms with E-state index in [-0.39, 0.29) is 11.8 Å². The molecule has 0 saturated heterocycles. The van der Waals surface area contributed by atoms with E-state index in [0.29, 0.717) is 4.75 Å². The third kappa shape index (κ3) is 3.71. The Kier molecular flexibility index (Phi) is 4.97. The van der Waals surface area contributed by atoms with Crippen molar-refractivity contribution in [1.29, 1.82) is 0 Å². The minimum absolute atomic E-state index is 0.104. The van der Waals surface area contributed by atoms with E-state index in [1.165, 1.54) is 32.1 Å². The SMILES string of the molecule is CSC1(CNC(=O)C(C)C)CCCCC1. The summed E-state index contributed by atoms with van der Waals surface area (Å²) in [4.78, 5) is 11.5. The van der Waals surface area contributed by atoms with Crippen molar-refractivity contribution >= 4 is 17.7 Å². The second kappa shape index (κ2) is 5.78.